The molecular weight excluding hydrogens is 853 g/mol. The number of halogens is 7. The van der Waals surface area contributed by atoms with Gasteiger partial charge in [0.05, 0.1) is 31.2 Å². The summed E-state index contributed by atoms with van der Waals surface area (Å²) >= 11 is 23.6. The normalized spacial score (nSPS) is 10.3. The van der Waals surface area contributed by atoms with Crippen molar-refractivity contribution >= 4 is 75.6 Å². The average molecular weight is 886 g/mol. The van der Waals surface area contributed by atoms with E-state index in [-0.39, 0.29) is 66.1 Å². The van der Waals surface area contributed by atoms with E-state index < -0.39 is 35.1 Å². The monoisotopic (exact) mass is 883 g/mol. The van der Waals surface area contributed by atoms with Gasteiger partial charge in [-0.15, -0.1) is 0 Å². The Bertz CT molecular complexity index is 2570. The Morgan fingerprint density at radius 2 is 1.17 bits per heavy atom. The molecule has 6 aromatic carbocycles. The molecule has 6 N–H and O–H groups in total. The molecule has 0 aliphatic heterocycles. The lowest BCUT2D eigenvalue weighted by Gasteiger charge is -2.14. The lowest BCUT2D eigenvalue weighted by molar-refractivity contribution is 0.0981. The molecule has 0 heterocycles. The molecule has 0 aliphatic rings. The van der Waals surface area contributed by atoms with Gasteiger partial charge in [0.1, 0.15) is 34.7 Å². The molecule has 0 fully saturated rings. The van der Waals surface area contributed by atoms with Gasteiger partial charge in [0.25, 0.3) is 5.91 Å². The van der Waals surface area contributed by atoms with Gasteiger partial charge in [-0.1, -0.05) is 64.6 Å². The number of aryl methyl sites for hydroxylation is 2. The Morgan fingerprint density at radius 3 is 1.76 bits per heavy atom. The van der Waals surface area contributed by atoms with Crippen molar-refractivity contribution in [2.75, 3.05) is 5.32 Å². The van der Waals surface area contributed by atoms with Gasteiger partial charge in [0.2, 0.25) is 11.8 Å². The van der Waals surface area contributed by atoms with E-state index in [4.69, 9.17) is 67.7 Å². The number of rotatable bonds is 9. The van der Waals surface area contributed by atoms with Crippen LogP contribution in [0.5, 0.6) is 17.2 Å². The fourth-order valence-corrected chi connectivity index (χ4v) is 5.69. The van der Waals surface area contributed by atoms with Crippen LogP contribution in [-0.4, -0.2) is 28.6 Å². The van der Waals surface area contributed by atoms with Crippen molar-refractivity contribution in [2.45, 2.75) is 20.3 Å². The number of carbonyl (C=O) groups is 4. The second-order valence-corrected chi connectivity index (χ2v) is 14.1. The molecule has 59 heavy (non-hydrogen) atoms. The molecule has 9 nitrogen and oxygen atoms in total. The van der Waals surface area contributed by atoms with E-state index in [0.717, 1.165) is 6.07 Å². The minimum absolute atomic E-state index is 0.0430. The molecule has 0 saturated heterocycles. The van der Waals surface area contributed by atoms with Crippen molar-refractivity contribution in [2.24, 2.45) is 11.5 Å². The van der Waals surface area contributed by atoms with Crippen LogP contribution in [0, 0.1) is 31.3 Å². The van der Waals surface area contributed by atoms with E-state index in [2.05, 4.69) is 5.32 Å². The van der Waals surface area contributed by atoms with E-state index in [0.29, 0.717) is 28.1 Å². The summed E-state index contributed by atoms with van der Waals surface area (Å²) in [6.07, 6.45) is -0.0734. The molecule has 0 aromatic heterocycles. The third-order valence-corrected chi connectivity index (χ3v) is 9.52. The predicted molar refractivity (Wildman–Crippen MR) is 223 cm³/mol. The molecule has 0 radical (unpaired) electrons. The maximum Gasteiger partial charge on any atom is 0.259 e. The van der Waals surface area contributed by atoms with Crippen molar-refractivity contribution in [1.29, 1.82) is 0 Å². The molecular formula is C43H32Cl4F3N3O6. The van der Waals surface area contributed by atoms with Crippen LogP contribution in [0.1, 0.15) is 58.1 Å². The quantitative estimate of drug-likeness (QED) is 0.0835. The van der Waals surface area contributed by atoms with Gasteiger partial charge in [-0.05, 0) is 115 Å². The molecule has 6 aromatic rings. The van der Waals surface area contributed by atoms with E-state index >= 15 is 0 Å². The van der Waals surface area contributed by atoms with Gasteiger partial charge >= 0.3 is 0 Å². The first-order chi connectivity index (χ1) is 27.8. The number of carbonyl (C=O) groups excluding carboxylic acids is 4. The minimum Gasteiger partial charge on any atom is -0.508 e. The second kappa shape index (κ2) is 20.6. The Morgan fingerprint density at radius 1 is 0.627 bits per heavy atom. The highest BCUT2D eigenvalue weighted by Gasteiger charge is 2.19. The maximum atomic E-state index is 13.8. The summed E-state index contributed by atoms with van der Waals surface area (Å²) in [6.45, 7) is 3.32. The topological polar surface area (TPSA) is 162 Å². The highest BCUT2D eigenvalue weighted by Crippen LogP contribution is 2.35. The number of hydrogen-bond acceptors (Lipinski definition) is 6. The molecule has 0 bridgehead atoms. The van der Waals surface area contributed by atoms with Crippen molar-refractivity contribution in [3.8, 4) is 17.2 Å². The number of ether oxygens (including phenoxy) is 1. The standard InChI is InChI=1S/C21H15Cl2FN2O3.C15H10Cl2FNO2.C7H7FO/c1-11-7-13(24)5-6-18(11)29-19-10-17(23)16(22)9-15(19)21(28)26-14-4-2-3-12(8-14)20(25)27;16-11-6-10(13(18)7-12(11)17)14(20)5-8-2-1-3-9(4-8)15(19)21;1-5-4-6(8)2-3-7(5)9/h2-10H,1H3,(H2,25,27)(H,26,28);1-4,6-7H,5H2,(H2,19,21);2-4,9H,1H3. The van der Waals surface area contributed by atoms with E-state index in [1.54, 1.807) is 38.1 Å². The fraction of sp³-hybridized carbons (Fsp3) is 0.0698. The zero-order chi connectivity index (χ0) is 43.6. The second-order valence-electron chi connectivity index (χ2n) is 12.5. The Kier molecular flexibility index (Phi) is 15.9. The summed E-state index contributed by atoms with van der Waals surface area (Å²) in [4.78, 5) is 47.4. The van der Waals surface area contributed by atoms with Gasteiger partial charge in [0, 0.05) is 29.3 Å². The molecule has 0 spiro atoms. The smallest absolute Gasteiger partial charge is 0.259 e. The Balaban J connectivity index is 0.000000222. The highest BCUT2D eigenvalue weighted by atomic mass is 35.5. The van der Waals surface area contributed by atoms with Gasteiger partial charge in [-0.25, -0.2) is 13.2 Å². The summed E-state index contributed by atoms with van der Waals surface area (Å²) in [5, 5.41) is 12.0. The largest absolute Gasteiger partial charge is 0.508 e. The number of aromatic hydroxyl groups is 1. The first kappa shape index (κ1) is 45.6. The summed E-state index contributed by atoms with van der Waals surface area (Å²) < 4.78 is 45.1. The summed E-state index contributed by atoms with van der Waals surface area (Å²) in [5.74, 6) is -3.05. The number of hydrogen-bond donors (Lipinski definition) is 4. The van der Waals surface area contributed by atoms with Gasteiger partial charge in [0.15, 0.2) is 5.78 Å². The van der Waals surface area contributed by atoms with Crippen LogP contribution < -0.4 is 21.5 Å². The summed E-state index contributed by atoms with van der Waals surface area (Å²) in [5.41, 5.74) is 12.9. The number of benzene rings is 6. The number of amides is 3. The fourth-order valence-electron chi connectivity index (χ4n) is 5.06. The van der Waals surface area contributed by atoms with Crippen molar-refractivity contribution in [1.82, 2.24) is 0 Å². The van der Waals surface area contributed by atoms with Gasteiger partial charge in [-0.3, -0.25) is 19.2 Å². The molecule has 0 saturated carbocycles. The third kappa shape index (κ3) is 13.0. The maximum absolute atomic E-state index is 13.8. The highest BCUT2D eigenvalue weighted by molar-refractivity contribution is 6.43. The lowest BCUT2D eigenvalue weighted by Crippen LogP contribution is -2.15. The summed E-state index contributed by atoms with van der Waals surface area (Å²) in [6, 6.07) is 25.3. The third-order valence-electron chi connectivity index (χ3n) is 8.07. The summed E-state index contributed by atoms with van der Waals surface area (Å²) in [7, 11) is 0. The SMILES string of the molecule is Cc1cc(F)ccc1O.Cc1cc(F)ccc1Oc1cc(Cl)c(Cl)cc1C(=O)Nc1cccc(C(N)=O)c1.NC(=O)c1cccc(CC(=O)c2cc(Cl)c(Cl)cc2F)c1. The zero-order valence-corrected chi connectivity index (χ0v) is 33.9. The number of ketones is 1. The number of phenolic OH excluding ortho intramolecular Hbond substituents is 1. The molecule has 6 rings (SSSR count). The minimum atomic E-state index is -0.736. The van der Waals surface area contributed by atoms with Crippen molar-refractivity contribution in [3.05, 3.63) is 186 Å². The molecule has 0 aliphatic carbocycles. The zero-order valence-electron chi connectivity index (χ0n) is 30.9. The van der Waals surface area contributed by atoms with Crippen LogP contribution >= 0.6 is 46.4 Å². The number of nitrogens with two attached hydrogens (primary N) is 2. The predicted octanol–water partition coefficient (Wildman–Crippen LogP) is 11.1. The molecule has 3 amide bonds. The van der Waals surface area contributed by atoms with E-state index in [1.165, 1.54) is 78.9 Å². The number of primary amides is 2. The molecule has 0 unspecified atom stereocenters. The van der Waals surface area contributed by atoms with Crippen LogP contribution in [0.3, 0.4) is 0 Å². The van der Waals surface area contributed by atoms with E-state index in [9.17, 15) is 32.3 Å². The van der Waals surface area contributed by atoms with Gasteiger partial charge < -0.3 is 26.6 Å². The molecule has 304 valence electrons. The lowest BCUT2D eigenvalue weighted by atomic mass is 10.0. The number of anilines is 1. The molecule has 16 heteroatoms. The number of phenols is 1. The Hall–Kier alpha value is -6.05. The van der Waals surface area contributed by atoms with Crippen molar-refractivity contribution in [3.63, 3.8) is 0 Å². The Labute approximate surface area is 356 Å². The number of Topliss-reactive ketones (excluding diaryl/α,β-unsaturated/α-hetero) is 1. The van der Waals surface area contributed by atoms with Gasteiger partial charge in [-0.2, -0.15) is 0 Å². The van der Waals surface area contributed by atoms with Crippen LogP contribution in [0.4, 0.5) is 18.9 Å². The van der Waals surface area contributed by atoms with E-state index in [1.807, 2.05) is 0 Å². The van der Waals surface area contributed by atoms with Crippen LogP contribution in [-0.2, 0) is 6.42 Å². The first-order valence-electron chi connectivity index (χ1n) is 17.0. The molecule has 0 atom stereocenters. The first-order valence-corrected chi connectivity index (χ1v) is 18.5. The van der Waals surface area contributed by atoms with Crippen LogP contribution in [0.15, 0.2) is 109 Å². The van der Waals surface area contributed by atoms with Crippen LogP contribution in [0.25, 0.3) is 0 Å². The van der Waals surface area contributed by atoms with Crippen molar-refractivity contribution < 1.29 is 42.2 Å². The average Bonchev–Trinajstić information content (AvgIpc) is 3.17. The number of nitrogens with one attached hydrogen (secondary N) is 1. The van der Waals surface area contributed by atoms with Crippen LogP contribution in [0.2, 0.25) is 20.1 Å².